The van der Waals surface area contributed by atoms with Gasteiger partial charge >= 0.3 is 5.97 Å². The maximum absolute atomic E-state index is 12.4. The number of carbonyl (C=O) groups is 2. The third-order valence-corrected chi connectivity index (χ3v) is 4.75. The Morgan fingerprint density at radius 2 is 2.00 bits per heavy atom. The minimum Gasteiger partial charge on any atom is -0.481 e. The number of carboxylic acids is 1. The number of benzene rings is 1. The first-order chi connectivity index (χ1) is 9.98. The molecule has 1 aliphatic rings. The molecule has 1 aliphatic heterocycles. The molecule has 0 radical (unpaired) electrons. The molecule has 0 atom stereocenters. The van der Waals surface area contributed by atoms with Crippen LogP contribution in [0.3, 0.4) is 0 Å². The molecule has 4 nitrogen and oxygen atoms in total. The molecule has 0 saturated carbocycles. The fraction of sp³-hybridized carbons (Fsp3) is 0.500. The van der Waals surface area contributed by atoms with Gasteiger partial charge in [-0.05, 0) is 37.5 Å². The van der Waals surface area contributed by atoms with Gasteiger partial charge < -0.3 is 10.0 Å². The van der Waals surface area contributed by atoms with E-state index >= 15 is 0 Å². The summed E-state index contributed by atoms with van der Waals surface area (Å²) in [6.07, 6.45) is 2.61. The SMILES string of the molecule is CCCC1(C(=O)O)CCN(C(=O)c2cccc(Br)c2)CC1. The zero-order chi connectivity index (χ0) is 15.5. The summed E-state index contributed by atoms with van der Waals surface area (Å²) in [5, 5.41) is 9.49. The number of piperidine rings is 1. The highest BCUT2D eigenvalue weighted by Crippen LogP contribution is 2.36. The number of amides is 1. The van der Waals surface area contributed by atoms with Crippen LogP contribution < -0.4 is 0 Å². The summed E-state index contributed by atoms with van der Waals surface area (Å²) in [4.78, 5) is 25.8. The Morgan fingerprint density at radius 1 is 1.33 bits per heavy atom. The maximum atomic E-state index is 12.4. The molecule has 1 aromatic rings. The van der Waals surface area contributed by atoms with Gasteiger partial charge in [0.05, 0.1) is 5.41 Å². The van der Waals surface area contributed by atoms with Crippen LogP contribution in [0.25, 0.3) is 0 Å². The molecule has 1 amide bonds. The summed E-state index contributed by atoms with van der Waals surface area (Å²) in [7, 11) is 0. The van der Waals surface area contributed by atoms with Crippen LogP contribution in [0.4, 0.5) is 0 Å². The van der Waals surface area contributed by atoms with E-state index in [1.807, 2.05) is 19.1 Å². The van der Waals surface area contributed by atoms with Gasteiger partial charge in [-0.2, -0.15) is 0 Å². The van der Waals surface area contributed by atoms with Crippen molar-refractivity contribution < 1.29 is 14.7 Å². The third-order valence-electron chi connectivity index (χ3n) is 4.26. The molecule has 0 bridgehead atoms. The monoisotopic (exact) mass is 353 g/mol. The molecule has 0 aliphatic carbocycles. The van der Waals surface area contributed by atoms with Crippen LogP contribution in [0.1, 0.15) is 43.0 Å². The van der Waals surface area contributed by atoms with E-state index < -0.39 is 11.4 Å². The number of nitrogens with zero attached hydrogens (tertiary/aromatic N) is 1. The van der Waals surface area contributed by atoms with Crippen molar-refractivity contribution in [3.8, 4) is 0 Å². The first-order valence-corrected chi connectivity index (χ1v) is 8.06. The fourth-order valence-corrected chi connectivity index (χ4v) is 3.39. The molecule has 0 spiro atoms. The van der Waals surface area contributed by atoms with Gasteiger partial charge in [-0.3, -0.25) is 9.59 Å². The van der Waals surface area contributed by atoms with E-state index in [1.54, 1.807) is 17.0 Å². The molecule has 114 valence electrons. The number of halogens is 1. The van der Waals surface area contributed by atoms with E-state index in [-0.39, 0.29) is 5.91 Å². The smallest absolute Gasteiger partial charge is 0.309 e. The van der Waals surface area contributed by atoms with Crippen molar-refractivity contribution in [1.29, 1.82) is 0 Å². The molecular weight excluding hydrogens is 334 g/mol. The van der Waals surface area contributed by atoms with Crippen LogP contribution in [0.15, 0.2) is 28.7 Å². The van der Waals surface area contributed by atoms with Crippen molar-refractivity contribution in [1.82, 2.24) is 4.90 Å². The van der Waals surface area contributed by atoms with Crippen LogP contribution in [-0.2, 0) is 4.79 Å². The van der Waals surface area contributed by atoms with E-state index in [9.17, 15) is 14.7 Å². The Hall–Kier alpha value is -1.36. The fourth-order valence-electron chi connectivity index (χ4n) is 2.99. The minimum absolute atomic E-state index is 0.0215. The van der Waals surface area contributed by atoms with E-state index in [2.05, 4.69) is 15.9 Å². The molecule has 0 aromatic heterocycles. The number of likely N-dealkylation sites (tertiary alicyclic amines) is 1. The molecule has 1 heterocycles. The summed E-state index contributed by atoms with van der Waals surface area (Å²) >= 11 is 3.36. The van der Waals surface area contributed by atoms with Crippen molar-refractivity contribution in [2.45, 2.75) is 32.6 Å². The molecule has 2 rings (SSSR count). The van der Waals surface area contributed by atoms with Crippen molar-refractivity contribution in [2.75, 3.05) is 13.1 Å². The molecule has 1 fully saturated rings. The summed E-state index contributed by atoms with van der Waals surface area (Å²) in [5.41, 5.74) is -0.00862. The second-order valence-electron chi connectivity index (χ2n) is 5.64. The molecule has 1 saturated heterocycles. The lowest BCUT2D eigenvalue weighted by Crippen LogP contribution is -2.46. The normalized spacial score (nSPS) is 17.5. The first-order valence-electron chi connectivity index (χ1n) is 7.27. The van der Waals surface area contributed by atoms with Crippen LogP contribution >= 0.6 is 15.9 Å². The molecular formula is C16H20BrNO3. The van der Waals surface area contributed by atoms with Gasteiger partial charge in [0.2, 0.25) is 0 Å². The topological polar surface area (TPSA) is 57.6 Å². The Morgan fingerprint density at radius 3 is 2.52 bits per heavy atom. The number of hydrogen-bond donors (Lipinski definition) is 1. The van der Waals surface area contributed by atoms with E-state index in [0.29, 0.717) is 37.9 Å². The Labute approximate surface area is 133 Å². The molecule has 21 heavy (non-hydrogen) atoms. The lowest BCUT2D eigenvalue weighted by atomic mass is 9.75. The maximum Gasteiger partial charge on any atom is 0.309 e. The second-order valence-corrected chi connectivity index (χ2v) is 6.55. The Bertz CT molecular complexity index is 536. The molecule has 5 heteroatoms. The number of carbonyl (C=O) groups excluding carboxylic acids is 1. The number of rotatable bonds is 4. The van der Waals surface area contributed by atoms with E-state index in [1.165, 1.54) is 0 Å². The molecule has 1 aromatic carbocycles. The van der Waals surface area contributed by atoms with E-state index in [0.717, 1.165) is 10.9 Å². The van der Waals surface area contributed by atoms with Gasteiger partial charge in [-0.1, -0.05) is 35.3 Å². The van der Waals surface area contributed by atoms with Crippen molar-refractivity contribution in [3.63, 3.8) is 0 Å². The largest absolute Gasteiger partial charge is 0.481 e. The highest BCUT2D eigenvalue weighted by Gasteiger charge is 2.41. The van der Waals surface area contributed by atoms with Crippen LogP contribution in [0, 0.1) is 5.41 Å². The van der Waals surface area contributed by atoms with E-state index in [4.69, 9.17) is 0 Å². The number of hydrogen-bond acceptors (Lipinski definition) is 2. The summed E-state index contributed by atoms with van der Waals surface area (Å²) in [6, 6.07) is 7.30. The lowest BCUT2D eigenvalue weighted by molar-refractivity contribution is -0.152. The summed E-state index contributed by atoms with van der Waals surface area (Å²) in [5.74, 6) is -0.745. The third kappa shape index (κ3) is 3.46. The van der Waals surface area contributed by atoms with Crippen molar-refractivity contribution in [2.24, 2.45) is 5.41 Å². The number of carboxylic acid groups (broad SMARTS) is 1. The van der Waals surface area contributed by atoms with Crippen LogP contribution in [-0.4, -0.2) is 35.0 Å². The average Bonchev–Trinajstić information content (AvgIpc) is 2.47. The first kappa shape index (κ1) is 16.0. The van der Waals surface area contributed by atoms with Gasteiger partial charge in [0.1, 0.15) is 0 Å². The zero-order valence-corrected chi connectivity index (χ0v) is 13.7. The summed E-state index contributed by atoms with van der Waals surface area (Å²) in [6.45, 7) is 3.03. The van der Waals surface area contributed by atoms with Crippen LogP contribution in [0.2, 0.25) is 0 Å². The summed E-state index contributed by atoms with van der Waals surface area (Å²) < 4.78 is 0.872. The highest BCUT2D eigenvalue weighted by molar-refractivity contribution is 9.10. The minimum atomic E-state index is -0.723. The molecule has 0 unspecified atom stereocenters. The van der Waals surface area contributed by atoms with Crippen LogP contribution in [0.5, 0.6) is 0 Å². The molecule has 1 N–H and O–H groups in total. The van der Waals surface area contributed by atoms with Gasteiger partial charge in [0.15, 0.2) is 0 Å². The Balaban J connectivity index is 2.06. The number of aliphatic carboxylic acids is 1. The predicted octanol–water partition coefficient (Wildman–Crippen LogP) is 3.56. The lowest BCUT2D eigenvalue weighted by Gasteiger charge is -2.38. The zero-order valence-electron chi connectivity index (χ0n) is 12.1. The van der Waals surface area contributed by atoms with Crippen molar-refractivity contribution >= 4 is 27.8 Å². The average molecular weight is 354 g/mol. The van der Waals surface area contributed by atoms with Gasteiger partial charge in [-0.15, -0.1) is 0 Å². The van der Waals surface area contributed by atoms with Crippen molar-refractivity contribution in [3.05, 3.63) is 34.3 Å². The quantitative estimate of drug-likeness (QED) is 0.900. The van der Waals surface area contributed by atoms with Gasteiger partial charge in [0.25, 0.3) is 5.91 Å². The predicted molar refractivity (Wildman–Crippen MR) is 84.3 cm³/mol. The van der Waals surface area contributed by atoms with Gasteiger partial charge in [-0.25, -0.2) is 0 Å². The van der Waals surface area contributed by atoms with Gasteiger partial charge in [0, 0.05) is 23.1 Å². The highest BCUT2D eigenvalue weighted by atomic mass is 79.9. The Kier molecular flexibility index (Phi) is 5.04. The standard InChI is InChI=1S/C16H20BrNO3/c1-2-6-16(15(20)21)7-9-18(10-8-16)14(19)12-4-3-5-13(17)11-12/h3-5,11H,2,6-10H2,1H3,(H,20,21). The second kappa shape index (κ2) is 6.60.